The third-order valence-electron chi connectivity index (χ3n) is 5.67. The average molecular weight is 304 g/mol. The Labute approximate surface area is 131 Å². The lowest BCUT2D eigenvalue weighted by Crippen LogP contribution is -2.55. The summed E-state index contributed by atoms with van der Waals surface area (Å²) < 4.78 is 18.3. The van der Waals surface area contributed by atoms with Gasteiger partial charge in [-0.25, -0.2) is 0 Å². The normalized spacial score (nSPS) is 36.2. The molecule has 0 aromatic carbocycles. The maximum absolute atomic E-state index is 6.31. The van der Waals surface area contributed by atoms with Gasteiger partial charge in [-0.3, -0.25) is 9.97 Å². The van der Waals surface area contributed by atoms with Crippen LogP contribution in [0.1, 0.15) is 51.1 Å². The van der Waals surface area contributed by atoms with Crippen molar-refractivity contribution in [2.45, 2.75) is 56.8 Å². The van der Waals surface area contributed by atoms with E-state index in [9.17, 15) is 0 Å². The summed E-state index contributed by atoms with van der Waals surface area (Å²) in [4.78, 5) is 8.65. The molecule has 1 aromatic rings. The van der Waals surface area contributed by atoms with E-state index in [4.69, 9.17) is 14.2 Å². The van der Waals surface area contributed by atoms with Crippen LogP contribution in [-0.4, -0.2) is 41.2 Å². The van der Waals surface area contributed by atoms with Gasteiger partial charge < -0.3 is 14.2 Å². The highest BCUT2D eigenvalue weighted by Gasteiger charge is 2.59. The maximum Gasteiger partial charge on any atom is 0.173 e. The Kier molecular flexibility index (Phi) is 3.29. The van der Waals surface area contributed by atoms with E-state index in [0.29, 0.717) is 19.1 Å². The van der Waals surface area contributed by atoms with Crippen molar-refractivity contribution in [2.24, 2.45) is 5.41 Å². The van der Waals surface area contributed by atoms with Crippen LogP contribution in [0.25, 0.3) is 0 Å². The Morgan fingerprint density at radius 3 is 2.59 bits per heavy atom. The third kappa shape index (κ3) is 2.18. The average Bonchev–Trinajstić information content (AvgIpc) is 3.13. The SMILES string of the molecule is CC1(C)CC2(CCC13OCCO3)CC(c1cnccn1)CO2. The van der Waals surface area contributed by atoms with Crippen molar-refractivity contribution in [3.05, 3.63) is 24.3 Å². The summed E-state index contributed by atoms with van der Waals surface area (Å²) in [6.07, 6.45) is 9.24. The molecule has 4 rings (SSSR count). The molecule has 0 amide bonds. The van der Waals surface area contributed by atoms with Crippen molar-refractivity contribution in [1.82, 2.24) is 9.97 Å². The zero-order valence-corrected chi connectivity index (χ0v) is 13.4. The largest absolute Gasteiger partial charge is 0.374 e. The van der Waals surface area contributed by atoms with E-state index in [-0.39, 0.29) is 11.0 Å². The lowest BCUT2D eigenvalue weighted by Gasteiger charge is -2.51. The molecule has 3 aliphatic rings. The van der Waals surface area contributed by atoms with Crippen LogP contribution in [0.2, 0.25) is 0 Å². The van der Waals surface area contributed by atoms with Gasteiger partial charge >= 0.3 is 0 Å². The van der Waals surface area contributed by atoms with Crippen molar-refractivity contribution in [3.8, 4) is 0 Å². The van der Waals surface area contributed by atoms with E-state index in [0.717, 1.165) is 38.0 Å². The predicted molar refractivity (Wildman–Crippen MR) is 80.3 cm³/mol. The highest BCUT2D eigenvalue weighted by Crippen LogP contribution is 2.56. The van der Waals surface area contributed by atoms with Gasteiger partial charge in [0.25, 0.3) is 0 Å². The molecular formula is C17H24N2O3. The fourth-order valence-corrected chi connectivity index (χ4v) is 4.60. The lowest BCUT2D eigenvalue weighted by atomic mass is 9.64. The molecule has 2 aliphatic heterocycles. The van der Waals surface area contributed by atoms with E-state index < -0.39 is 5.79 Å². The minimum atomic E-state index is -0.410. The Hall–Kier alpha value is -1.04. The summed E-state index contributed by atoms with van der Waals surface area (Å²) in [5, 5.41) is 0. The molecule has 2 saturated heterocycles. The molecule has 0 N–H and O–H groups in total. The van der Waals surface area contributed by atoms with E-state index in [1.807, 2.05) is 6.20 Å². The van der Waals surface area contributed by atoms with Crippen molar-refractivity contribution in [1.29, 1.82) is 0 Å². The van der Waals surface area contributed by atoms with Gasteiger partial charge in [0, 0.05) is 36.3 Å². The minimum absolute atomic E-state index is 0.0427. The summed E-state index contributed by atoms with van der Waals surface area (Å²) >= 11 is 0. The van der Waals surface area contributed by atoms with E-state index in [2.05, 4.69) is 23.8 Å². The molecule has 5 nitrogen and oxygen atoms in total. The summed E-state index contributed by atoms with van der Waals surface area (Å²) in [5.41, 5.74) is 0.941. The van der Waals surface area contributed by atoms with E-state index in [1.54, 1.807) is 12.4 Å². The van der Waals surface area contributed by atoms with Gasteiger partial charge in [0.15, 0.2) is 5.79 Å². The molecule has 22 heavy (non-hydrogen) atoms. The minimum Gasteiger partial charge on any atom is -0.374 e. The molecular weight excluding hydrogens is 280 g/mol. The molecule has 1 aromatic heterocycles. The summed E-state index contributed by atoms with van der Waals surface area (Å²) in [5.74, 6) is -0.0596. The van der Waals surface area contributed by atoms with Gasteiger partial charge in [-0.05, 0) is 19.3 Å². The molecule has 2 atom stereocenters. The van der Waals surface area contributed by atoms with Crippen LogP contribution in [0.15, 0.2) is 18.6 Å². The molecule has 5 heteroatoms. The highest BCUT2D eigenvalue weighted by molar-refractivity contribution is 5.12. The Morgan fingerprint density at radius 1 is 1.09 bits per heavy atom. The first-order chi connectivity index (χ1) is 10.5. The van der Waals surface area contributed by atoms with Gasteiger partial charge in [0.2, 0.25) is 0 Å². The van der Waals surface area contributed by atoms with Crippen molar-refractivity contribution in [2.75, 3.05) is 19.8 Å². The van der Waals surface area contributed by atoms with Crippen LogP contribution < -0.4 is 0 Å². The van der Waals surface area contributed by atoms with Gasteiger partial charge in [0.05, 0.1) is 31.1 Å². The smallest absolute Gasteiger partial charge is 0.173 e. The number of hydrogen-bond acceptors (Lipinski definition) is 5. The van der Waals surface area contributed by atoms with Crippen molar-refractivity contribution >= 4 is 0 Å². The van der Waals surface area contributed by atoms with Crippen LogP contribution >= 0.6 is 0 Å². The molecule has 0 bridgehead atoms. The Morgan fingerprint density at radius 2 is 1.91 bits per heavy atom. The molecule has 2 unspecified atom stereocenters. The summed E-state index contributed by atoms with van der Waals surface area (Å²) in [6, 6.07) is 0. The fraction of sp³-hybridized carbons (Fsp3) is 0.765. The molecule has 1 saturated carbocycles. The number of nitrogens with zero attached hydrogens (tertiary/aromatic N) is 2. The quantitative estimate of drug-likeness (QED) is 0.798. The van der Waals surface area contributed by atoms with Gasteiger partial charge in [-0.15, -0.1) is 0 Å². The predicted octanol–water partition coefficient (Wildman–Crippen LogP) is 2.67. The number of aromatic nitrogens is 2. The fourth-order valence-electron chi connectivity index (χ4n) is 4.60. The Bertz CT molecular complexity index is 542. The molecule has 3 fully saturated rings. The summed E-state index contributed by atoms with van der Waals surface area (Å²) in [7, 11) is 0. The van der Waals surface area contributed by atoms with Gasteiger partial charge in [-0.1, -0.05) is 13.8 Å². The standard InChI is InChI=1S/C17H24N2O3/c1-15(2)12-16(3-4-17(15)20-7-8-21-17)9-13(11-22-16)14-10-18-5-6-19-14/h5-6,10,13H,3-4,7-9,11-12H2,1-2H3. The van der Waals surface area contributed by atoms with Crippen LogP contribution in [-0.2, 0) is 14.2 Å². The van der Waals surface area contributed by atoms with Crippen LogP contribution in [0.3, 0.4) is 0 Å². The second-order valence-corrected chi connectivity index (χ2v) is 7.54. The number of rotatable bonds is 1. The van der Waals surface area contributed by atoms with Gasteiger partial charge in [0.1, 0.15) is 0 Å². The van der Waals surface area contributed by atoms with Crippen LogP contribution in [0.4, 0.5) is 0 Å². The van der Waals surface area contributed by atoms with E-state index >= 15 is 0 Å². The van der Waals surface area contributed by atoms with Crippen LogP contribution in [0, 0.1) is 5.41 Å². The molecule has 120 valence electrons. The van der Waals surface area contributed by atoms with Crippen LogP contribution in [0.5, 0.6) is 0 Å². The zero-order chi connectivity index (χ0) is 15.3. The van der Waals surface area contributed by atoms with Crippen molar-refractivity contribution in [3.63, 3.8) is 0 Å². The molecule has 3 heterocycles. The summed E-state index contributed by atoms with van der Waals surface area (Å²) in [6.45, 7) is 6.65. The van der Waals surface area contributed by atoms with Crippen molar-refractivity contribution < 1.29 is 14.2 Å². The third-order valence-corrected chi connectivity index (χ3v) is 5.67. The monoisotopic (exact) mass is 304 g/mol. The molecule has 0 radical (unpaired) electrons. The lowest BCUT2D eigenvalue weighted by molar-refractivity contribution is -0.271. The topological polar surface area (TPSA) is 53.5 Å². The van der Waals surface area contributed by atoms with Gasteiger partial charge in [-0.2, -0.15) is 0 Å². The first kappa shape index (κ1) is 14.5. The first-order valence-corrected chi connectivity index (χ1v) is 8.22. The first-order valence-electron chi connectivity index (χ1n) is 8.22. The second kappa shape index (κ2) is 4.98. The Balaban J connectivity index is 1.53. The number of ether oxygens (including phenoxy) is 3. The number of hydrogen-bond donors (Lipinski definition) is 0. The van der Waals surface area contributed by atoms with E-state index in [1.165, 1.54) is 0 Å². The second-order valence-electron chi connectivity index (χ2n) is 7.54. The maximum atomic E-state index is 6.31. The zero-order valence-electron chi connectivity index (χ0n) is 13.4. The molecule has 1 aliphatic carbocycles. The highest BCUT2D eigenvalue weighted by atomic mass is 16.7. The molecule has 2 spiro atoms.